The maximum Gasteiger partial charge on any atom is 0.303 e. The third-order valence-electron chi connectivity index (χ3n) is 3.94. The van der Waals surface area contributed by atoms with Crippen molar-refractivity contribution in [3.63, 3.8) is 0 Å². The Morgan fingerprint density at radius 3 is 2.65 bits per heavy atom. The second-order valence-corrected chi connectivity index (χ2v) is 5.54. The first-order valence-electron chi connectivity index (χ1n) is 7.70. The van der Waals surface area contributed by atoms with Gasteiger partial charge in [0, 0.05) is 12.3 Å². The van der Waals surface area contributed by atoms with Crippen molar-refractivity contribution < 1.29 is 14.7 Å². The van der Waals surface area contributed by atoms with Gasteiger partial charge in [-0.15, -0.1) is 0 Å². The lowest BCUT2D eigenvalue weighted by atomic mass is 9.87. The first kappa shape index (κ1) is 16.7. The molecule has 20 heavy (non-hydrogen) atoms. The van der Waals surface area contributed by atoms with E-state index in [1.807, 2.05) is 13.0 Å². The summed E-state index contributed by atoms with van der Waals surface area (Å²) in [6.07, 6.45) is 15.2. The van der Waals surface area contributed by atoms with Gasteiger partial charge in [-0.2, -0.15) is 0 Å². The van der Waals surface area contributed by atoms with E-state index in [9.17, 15) is 9.59 Å². The second-order valence-electron chi connectivity index (χ2n) is 5.54. The number of carboxylic acid groups (broad SMARTS) is 1. The molecule has 0 aliphatic heterocycles. The molecule has 0 heterocycles. The van der Waals surface area contributed by atoms with E-state index in [4.69, 9.17) is 5.11 Å². The predicted octanol–water partition coefficient (Wildman–Crippen LogP) is 4.14. The normalized spacial score (nSPS) is 21.9. The zero-order chi connectivity index (χ0) is 14.8. The summed E-state index contributed by atoms with van der Waals surface area (Å²) in [6, 6.07) is 0. The van der Waals surface area contributed by atoms with Gasteiger partial charge in [-0.05, 0) is 38.2 Å². The standard InChI is InChI=1S/C17H26O3/c1-2-3-10-15-14(12-13-16(15)18)9-7-5-4-6-8-11-17(19)20/h2-3,12-15H,4-11H2,1H3,(H,19,20). The zero-order valence-corrected chi connectivity index (χ0v) is 12.4. The van der Waals surface area contributed by atoms with E-state index < -0.39 is 5.97 Å². The van der Waals surface area contributed by atoms with Gasteiger partial charge in [0.25, 0.3) is 0 Å². The summed E-state index contributed by atoms with van der Waals surface area (Å²) < 4.78 is 0. The SMILES string of the molecule is CC=CCC1C(=O)C=CC1CCCCCCCC(=O)O. The van der Waals surface area contributed by atoms with Crippen molar-refractivity contribution in [2.75, 3.05) is 0 Å². The number of ketones is 1. The minimum Gasteiger partial charge on any atom is -0.481 e. The van der Waals surface area contributed by atoms with Crippen LogP contribution < -0.4 is 0 Å². The number of hydrogen-bond acceptors (Lipinski definition) is 2. The first-order chi connectivity index (χ1) is 9.65. The Hall–Kier alpha value is -1.38. The number of aliphatic carboxylic acids is 1. The highest BCUT2D eigenvalue weighted by Crippen LogP contribution is 2.30. The van der Waals surface area contributed by atoms with Crippen molar-refractivity contribution in [3.8, 4) is 0 Å². The molecule has 2 atom stereocenters. The second kappa shape index (κ2) is 9.51. The summed E-state index contributed by atoms with van der Waals surface area (Å²) in [5.74, 6) is 0.122. The minimum atomic E-state index is -0.702. The highest BCUT2D eigenvalue weighted by molar-refractivity contribution is 5.94. The van der Waals surface area contributed by atoms with Gasteiger partial charge in [0.2, 0.25) is 0 Å². The van der Waals surface area contributed by atoms with Crippen LogP contribution in [0.15, 0.2) is 24.3 Å². The summed E-state index contributed by atoms with van der Waals surface area (Å²) in [6.45, 7) is 1.99. The summed E-state index contributed by atoms with van der Waals surface area (Å²) in [7, 11) is 0. The Bertz CT molecular complexity index is 368. The highest BCUT2D eigenvalue weighted by atomic mass is 16.4. The highest BCUT2D eigenvalue weighted by Gasteiger charge is 2.28. The van der Waals surface area contributed by atoms with Crippen molar-refractivity contribution in [3.05, 3.63) is 24.3 Å². The van der Waals surface area contributed by atoms with E-state index in [1.54, 1.807) is 6.08 Å². The quantitative estimate of drug-likeness (QED) is 0.482. The van der Waals surface area contributed by atoms with Crippen LogP contribution >= 0.6 is 0 Å². The molecule has 0 saturated heterocycles. The van der Waals surface area contributed by atoms with Crippen molar-refractivity contribution >= 4 is 11.8 Å². The molecule has 3 nitrogen and oxygen atoms in total. The molecular weight excluding hydrogens is 252 g/mol. The van der Waals surface area contributed by atoms with Crippen LogP contribution in [0.3, 0.4) is 0 Å². The van der Waals surface area contributed by atoms with Gasteiger partial charge >= 0.3 is 5.97 Å². The molecule has 0 radical (unpaired) electrons. The van der Waals surface area contributed by atoms with E-state index in [1.165, 1.54) is 0 Å². The lowest BCUT2D eigenvalue weighted by Crippen LogP contribution is -2.15. The van der Waals surface area contributed by atoms with Crippen LogP contribution in [0.4, 0.5) is 0 Å². The molecule has 2 unspecified atom stereocenters. The van der Waals surface area contributed by atoms with E-state index in [0.717, 1.165) is 44.9 Å². The van der Waals surface area contributed by atoms with Crippen molar-refractivity contribution in [2.24, 2.45) is 11.8 Å². The van der Waals surface area contributed by atoms with Gasteiger partial charge in [0.15, 0.2) is 5.78 Å². The van der Waals surface area contributed by atoms with E-state index in [0.29, 0.717) is 5.92 Å². The van der Waals surface area contributed by atoms with E-state index in [-0.39, 0.29) is 18.1 Å². The first-order valence-corrected chi connectivity index (χ1v) is 7.70. The minimum absolute atomic E-state index is 0.151. The molecule has 112 valence electrons. The number of carboxylic acids is 1. The third-order valence-corrected chi connectivity index (χ3v) is 3.94. The number of allylic oxidation sites excluding steroid dienone is 4. The maximum absolute atomic E-state index is 11.8. The Morgan fingerprint density at radius 1 is 1.25 bits per heavy atom. The molecule has 0 saturated carbocycles. The van der Waals surface area contributed by atoms with Gasteiger partial charge in [-0.1, -0.05) is 43.9 Å². The molecule has 1 aliphatic rings. The molecular formula is C17H26O3. The van der Waals surface area contributed by atoms with Gasteiger partial charge in [0.05, 0.1) is 0 Å². The van der Waals surface area contributed by atoms with Gasteiger partial charge < -0.3 is 5.11 Å². The Kier molecular flexibility index (Phi) is 7.93. The van der Waals surface area contributed by atoms with Gasteiger partial charge in [-0.3, -0.25) is 9.59 Å². The van der Waals surface area contributed by atoms with Crippen molar-refractivity contribution in [2.45, 2.75) is 58.3 Å². The predicted molar refractivity (Wildman–Crippen MR) is 80.5 cm³/mol. The fraction of sp³-hybridized carbons (Fsp3) is 0.647. The Labute approximate surface area is 121 Å². The van der Waals surface area contributed by atoms with E-state index in [2.05, 4.69) is 12.2 Å². The summed E-state index contributed by atoms with van der Waals surface area (Å²) in [5.41, 5.74) is 0. The smallest absolute Gasteiger partial charge is 0.303 e. The van der Waals surface area contributed by atoms with Crippen LogP contribution in [0.1, 0.15) is 58.3 Å². The van der Waals surface area contributed by atoms with E-state index >= 15 is 0 Å². The largest absolute Gasteiger partial charge is 0.481 e. The van der Waals surface area contributed by atoms with Crippen LogP contribution in [0.5, 0.6) is 0 Å². The molecule has 1 aliphatic carbocycles. The number of hydrogen-bond donors (Lipinski definition) is 1. The molecule has 1 rings (SSSR count). The fourth-order valence-corrected chi connectivity index (χ4v) is 2.74. The summed E-state index contributed by atoms with van der Waals surface area (Å²) in [4.78, 5) is 22.1. The van der Waals surface area contributed by atoms with Crippen molar-refractivity contribution in [1.82, 2.24) is 0 Å². The topological polar surface area (TPSA) is 54.4 Å². The Balaban J connectivity index is 2.13. The third kappa shape index (κ3) is 6.18. The molecule has 0 aromatic heterocycles. The molecule has 3 heteroatoms. The molecule has 0 aromatic rings. The summed E-state index contributed by atoms with van der Waals surface area (Å²) in [5, 5.41) is 8.54. The summed E-state index contributed by atoms with van der Waals surface area (Å²) >= 11 is 0. The van der Waals surface area contributed by atoms with Crippen LogP contribution in [0.2, 0.25) is 0 Å². The van der Waals surface area contributed by atoms with Gasteiger partial charge in [0.1, 0.15) is 0 Å². The molecule has 1 N–H and O–H groups in total. The molecule has 0 fully saturated rings. The molecule has 0 amide bonds. The maximum atomic E-state index is 11.8. The average Bonchev–Trinajstić information content (AvgIpc) is 2.76. The average molecular weight is 278 g/mol. The van der Waals surface area contributed by atoms with Crippen LogP contribution in [-0.4, -0.2) is 16.9 Å². The van der Waals surface area contributed by atoms with Crippen LogP contribution in [-0.2, 0) is 9.59 Å². The van der Waals surface area contributed by atoms with Gasteiger partial charge in [-0.25, -0.2) is 0 Å². The zero-order valence-electron chi connectivity index (χ0n) is 12.4. The molecule has 0 spiro atoms. The molecule has 0 aromatic carbocycles. The lowest BCUT2D eigenvalue weighted by Gasteiger charge is -2.16. The number of carbonyl (C=O) groups excluding carboxylic acids is 1. The van der Waals surface area contributed by atoms with Crippen molar-refractivity contribution in [1.29, 1.82) is 0 Å². The lowest BCUT2D eigenvalue weighted by molar-refractivity contribution is -0.137. The Morgan fingerprint density at radius 2 is 1.95 bits per heavy atom. The molecule has 0 bridgehead atoms. The van der Waals surface area contributed by atoms with Crippen LogP contribution in [0.25, 0.3) is 0 Å². The number of unbranched alkanes of at least 4 members (excludes halogenated alkanes) is 4. The number of carbonyl (C=O) groups is 2. The monoisotopic (exact) mass is 278 g/mol. The number of rotatable bonds is 10. The van der Waals surface area contributed by atoms with Crippen LogP contribution in [0, 0.1) is 11.8 Å². The fourth-order valence-electron chi connectivity index (χ4n) is 2.74.